The van der Waals surface area contributed by atoms with Gasteiger partial charge in [0.1, 0.15) is 21.3 Å². The second-order valence-corrected chi connectivity index (χ2v) is 15.1. The van der Waals surface area contributed by atoms with E-state index in [0.29, 0.717) is 11.1 Å². The van der Waals surface area contributed by atoms with Crippen LogP contribution in [-0.4, -0.2) is 68.2 Å². The van der Waals surface area contributed by atoms with Crippen LogP contribution in [0, 0.1) is 13.8 Å². The van der Waals surface area contributed by atoms with Gasteiger partial charge in [0.2, 0.25) is 0 Å². The molecule has 0 spiro atoms. The molecule has 0 aromatic heterocycles. The quantitative estimate of drug-likeness (QED) is 0.372. The summed E-state index contributed by atoms with van der Waals surface area (Å²) in [5.41, 5.74) is 1.47. The number of hydrogen-bond acceptors (Lipinski definition) is 9. The third kappa shape index (κ3) is 5.89. The molecule has 0 aliphatic carbocycles. The summed E-state index contributed by atoms with van der Waals surface area (Å²) in [7, 11) is -9.60. The predicted molar refractivity (Wildman–Crippen MR) is 151 cm³/mol. The monoisotopic (exact) mass is 610 g/mol. The topological polar surface area (TPSA) is 156 Å². The Hall–Kier alpha value is -3.33. The maximum absolute atomic E-state index is 14.0. The van der Waals surface area contributed by atoms with Crippen LogP contribution in [0.4, 0.5) is 11.4 Å². The molecule has 0 saturated carbocycles. The van der Waals surface area contributed by atoms with Gasteiger partial charge in [0.25, 0.3) is 20.0 Å². The minimum atomic E-state index is -4.46. The average Bonchev–Trinajstić information content (AvgIpc) is 3.16. The number of aryl methyl sites for hydroxylation is 2. The number of benzene rings is 3. The molecule has 0 radical (unpaired) electrons. The molecule has 3 aromatic rings. The number of sulfonamides is 2. The minimum absolute atomic E-state index is 0.0285. The molecule has 40 heavy (non-hydrogen) atoms. The molecule has 11 nitrogen and oxygen atoms in total. The SMILES string of the molecule is COc1ccc(C)cc1S(=O)(=O)Nc1ccc(N([C@H]2CS(=O)(=O)C[C@H]2O)S(=O)(=O)c2cc(C)ccc2OC)cc1. The molecule has 1 saturated heterocycles. The van der Waals surface area contributed by atoms with Crippen molar-refractivity contribution in [2.24, 2.45) is 0 Å². The van der Waals surface area contributed by atoms with E-state index in [9.17, 15) is 30.4 Å². The lowest BCUT2D eigenvalue weighted by molar-refractivity contribution is 0.184. The number of nitrogens with zero attached hydrogens (tertiary/aromatic N) is 1. The third-order valence-electron chi connectivity index (χ3n) is 6.43. The first kappa shape index (κ1) is 29.6. The number of methoxy groups -OCH3 is 2. The fourth-order valence-corrected chi connectivity index (χ4v) is 9.62. The first-order chi connectivity index (χ1) is 18.7. The lowest BCUT2D eigenvalue weighted by Gasteiger charge is -2.32. The fourth-order valence-electron chi connectivity index (χ4n) is 4.51. The van der Waals surface area contributed by atoms with Crippen molar-refractivity contribution in [1.82, 2.24) is 0 Å². The van der Waals surface area contributed by atoms with Gasteiger partial charge in [-0.25, -0.2) is 25.3 Å². The first-order valence-corrected chi connectivity index (χ1v) is 16.8. The second-order valence-electron chi connectivity index (χ2n) is 9.47. The van der Waals surface area contributed by atoms with Crippen LogP contribution in [0.2, 0.25) is 0 Å². The number of aliphatic hydroxyl groups is 1. The van der Waals surface area contributed by atoms with Gasteiger partial charge in [-0.1, -0.05) is 12.1 Å². The molecule has 0 unspecified atom stereocenters. The zero-order valence-electron chi connectivity index (χ0n) is 22.2. The molecular formula is C26H30N2O9S3. The van der Waals surface area contributed by atoms with Crippen molar-refractivity contribution in [2.45, 2.75) is 35.8 Å². The highest BCUT2D eigenvalue weighted by molar-refractivity contribution is 7.93. The van der Waals surface area contributed by atoms with E-state index in [0.717, 1.165) is 4.31 Å². The number of rotatable bonds is 9. The van der Waals surface area contributed by atoms with E-state index in [4.69, 9.17) is 9.47 Å². The summed E-state index contributed by atoms with van der Waals surface area (Å²) < 4.78 is 92.8. The maximum atomic E-state index is 14.0. The van der Waals surface area contributed by atoms with Gasteiger partial charge in [-0.2, -0.15) is 0 Å². The van der Waals surface area contributed by atoms with Gasteiger partial charge < -0.3 is 14.6 Å². The molecule has 1 aliphatic heterocycles. The number of sulfone groups is 1. The zero-order valence-corrected chi connectivity index (χ0v) is 24.7. The summed E-state index contributed by atoms with van der Waals surface area (Å²) in [6, 6.07) is 13.3. The molecule has 216 valence electrons. The summed E-state index contributed by atoms with van der Waals surface area (Å²) in [5.74, 6) is -0.994. The minimum Gasteiger partial charge on any atom is -0.495 e. The van der Waals surface area contributed by atoms with Crippen molar-refractivity contribution < 1.29 is 39.8 Å². The van der Waals surface area contributed by atoms with Crippen LogP contribution in [0.25, 0.3) is 0 Å². The molecule has 2 N–H and O–H groups in total. The summed E-state index contributed by atoms with van der Waals surface area (Å²) in [4.78, 5) is -0.281. The van der Waals surface area contributed by atoms with Crippen LogP contribution in [0.1, 0.15) is 11.1 Å². The standard InChI is InChI=1S/C26H30N2O9S3/c1-17-5-11-23(36-3)25(13-17)39(32,33)27-19-7-9-20(10-8-19)28(21-15-38(30,31)16-22(21)29)40(34,35)26-14-18(2)6-12-24(26)37-4/h5-14,21-22,27,29H,15-16H2,1-4H3/t21-,22+/m0/s1. The van der Waals surface area contributed by atoms with Crippen LogP contribution < -0.4 is 18.5 Å². The van der Waals surface area contributed by atoms with E-state index in [1.54, 1.807) is 26.0 Å². The highest BCUT2D eigenvalue weighted by atomic mass is 32.2. The maximum Gasteiger partial charge on any atom is 0.268 e. The van der Waals surface area contributed by atoms with Gasteiger partial charge in [0.15, 0.2) is 9.84 Å². The molecule has 0 bridgehead atoms. The van der Waals surface area contributed by atoms with Crippen molar-refractivity contribution in [3.8, 4) is 11.5 Å². The molecule has 2 atom stereocenters. The Morgan fingerprint density at radius 3 is 1.85 bits per heavy atom. The molecule has 0 amide bonds. The van der Waals surface area contributed by atoms with Crippen LogP contribution in [0.3, 0.4) is 0 Å². The van der Waals surface area contributed by atoms with Gasteiger partial charge in [0.05, 0.1) is 43.6 Å². The summed E-state index contributed by atoms with van der Waals surface area (Å²) in [6.07, 6.45) is -1.48. The second kappa shape index (κ2) is 10.9. The van der Waals surface area contributed by atoms with Crippen molar-refractivity contribution in [3.05, 3.63) is 71.8 Å². The normalized spacial score (nSPS) is 18.7. The van der Waals surface area contributed by atoms with Gasteiger partial charge in [-0.05, 0) is 73.5 Å². The van der Waals surface area contributed by atoms with Gasteiger partial charge >= 0.3 is 0 Å². The van der Waals surface area contributed by atoms with Crippen molar-refractivity contribution in [3.63, 3.8) is 0 Å². The number of aliphatic hydroxyl groups excluding tert-OH is 1. The van der Waals surface area contributed by atoms with Crippen LogP contribution in [-0.2, 0) is 29.9 Å². The number of nitrogens with one attached hydrogen (secondary N) is 1. The Morgan fingerprint density at radius 2 is 1.35 bits per heavy atom. The van der Waals surface area contributed by atoms with E-state index >= 15 is 0 Å². The van der Waals surface area contributed by atoms with E-state index < -0.39 is 53.5 Å². The molecule has 1 aliphatic rings. The molecule has 4 rings (SSSR count). The molecule has 3 aromatic carbocycles. The third-order valence-corrected chi connectivity index (χ3v) is 11.4. The molecule has 1 fully saturated rings. The van der Waals surface area contributed by atoms with Crippen molar-refractivity contribution >= 4 is 41.3 Å². The largest absolute Gasteiger partial charge is 0.495 e. The van der Waals surface area contributed by atoms with E-state index in [-0.39, 0.29) is 32.7 Å². The van der Waals surface area contributed by atoms with Gasteiger partial charge in [-0.3, -0.25) is 9.03 Å². The Bertz CT molecular complexity index is 1740. The van der Waals surface area contributed by atoms with Crippen molar-refractivity contribution in [2.75, 3.05) is 34.8 Å². The summed E-state index contributed by atoms with van der Waals surface area (Å²) >= 11 is 0. The molecular weight excluding hydrogens is 580 g/mol. The lowest BCUT2D eigenvalue weighted by atomic mass is 10.2. The van der Waals surface area contributed by atoms with Crippen LogP contribution in [0.5, 0.6) is 11.5 Å². The summed E-state index contributed by atoms with van der Waals surface area (Å²) in [5, 5.41) is 10.6. The van der Waals surface area contributed by atoms with E-state index in [2.05, 4.69) is 4.72 Å². The van der Waals surface area contributed by atoms with Gasteiger partial charge in [-0.15, -0.1) is 0 Å². The van der Waals surface area contributed by atoms with E-state index in [1.807, 2.05) is 0 Å². The summed E-state index contributed by atoms with van der Waals surface area (Å²) in [6.45, 7) is 3.44. The average molecular weight is 611 g/mol. The Labute approximate surface area is 234 Å². The highest BCUT2D eigenvalue weighted by Gasteiger charge is 2.45. The highest BCUT2D eigenvalue weighted by Crippen LogP contribution is 2.36. The fraction of sp³-hybridized carbons (Fsp3) is 0.308. The lowest BCUT2D eigenvalue weighted by Crippen LogP contribution is -2.47. The smallest absolute Gasteiger partial charge is 0.268 e. The Balaban J connectivity index is 1.77. The zero-order chi connectivity index (χ0) is 29.5. The Morgan fingerprint density at radius 1 is 0.825 bits per heavy atom. The van der Waals surface area contributed by atoms with Gasteiger partial charge in [0, 0.05) is 5.69 Å². The number of anilines is 2. The van der Waals surface area contributed by atoms with Crippen LogP contribution in [0.15, 0.2) is 70.5 Å². The van der Waals surface area contributed by atoms with Crippen molar-refractivity contribution in [1.29, 1.82) is 0 Å². The number of ether oxygens (including phenoxy) is 2. The Kier molecular flexibility index (Phi) is 8.09. The van der Waals surface area contributed by atoms with E-state index in [1.165, 1.54) is 62.8 Å². The predicted octanol–water partition coefficient (Wildman–Crippen LogP) is 2.47. The molecule has 14 heteroatoms. The van der Waals surface area contributed by atoms with Crippen LogP contribution >= 0.6 is 0 Å². The first-order valence-electron chi connectivity index (χ1n) is 12.0. The number of hydrogen-bond donors (Lipinski definition) is 2. The molecule has 1 heterocycles.